The number of hydrogen-bond donors (Lipinski definition) is 0. The fourth-order valence-corrected chi connectivity index (χ4v) is 2.26. The number of ether oxygens (including phenoxy) is 1. The Bertz CT molecular complexity index is 349. The van der Waals surface area contributed by atoms with E-state index in [1.54, 1.807) is 0 Å². The molecule has 0 N–H and O–H groups in total. The van der Waals surface area contributed by atoms with Crippen LogP contribution in [0, 0.1) is 0 Å². The lowest BCUT2D eigenvalue weighted by Gasteiger charge is -2.05. The van der Waals surface area contributed by atoms with Crippen molar-refractivity contribution in [1.29, 1.82) is 0 Å². The smallest absolute Gasteiger partial charge is 0.494 e. The fourth-order valence-electron chi connectivity index (χ4n) is 1.62. The Morgan fingerprint density at radius 2 is 1.83 bits per heavy atom. The second-order valence-corrected chi connectivity index (χ2v) is 5.57. The Hall–Kier alpha value is -0.920. The van der Waals surface area contributed by atoms with Crippen LogP contribution in [0.1, 0.15) is 38.2 Å². The van der Waals surface area contributed by atoms with Crippen molar-refractivity contribution in [2.75, 3.05) is 13.7 Å². The average Bonchev–Trinajstić information content (AvgIpc) is 2.40. The summed E-state index contributed by atoms with van der Waals surface area (Å²) in [6, 6.07) is 7.73. The van der Waals surface area contributed by atoms with E-state index in [9.17, 15) is 4.57 Å². The summed E-state index contributed by atoms with van der Waals surface area (Å²) >= 11 is 0. The fraction of sp³-hybridized carbons (Fsp3) is 0.571. The maximum atomic E-state index is 11.2. The van der Waals surface area contributed by atoms with Gasteiger partial charge < -0.3 is 4.74 Å². The second kappa shape index (κ2) is 9.07. The highest BCUT2D eigenvalue weighted by Crippen LogP contribution is 2.27. The van der Waals surface area contributed by atoms with Crippen LogP contribution in [0.5, 0.6) is 5.75 Å². The summed E-state index contributed by atoms with van der Waals surface area (Å²) in [7, 11) is -0.108. The van der Waals surface area contributed by atoms with Gasteiger partial charge >= 0.3 is 8.03 Å². The first-order valence-electron chi connectivity index (χ1n) is 6.46. The predicted molar refractivity (Wildman–Crippen MR) is 74.4 cm³/mol. The molecular formula is C14H22O3P+. The van der Waals surface area contributed by atoms with Gasteiger partial charge in [0.1, 0.15) is 5.75 Å². The summed E-state index contributed by atoms with van der Waals surface area (Å²) in [4.78, 5) is 0. The Morgan fingerprint density at radius 3 is 2.44 bits per heavy atom. The van der Waals surface area contributed by atoms with Crippen LogP contribution >= 0.6 is 8.03 Å². The van der Waals surface area contributed by atoms with E-state index >= 15 is 0 Å². The molecule has 4 heteroatoms. The van der Waals surface area contributed by atoms with E-state index < -0.39 is 8.03 Å². The van der Waals surface area contributed by atoms with Crippen molar-refractivity contribution >= 4 is 8.03 Å². The molecule has 0 fully saturated rings. The van der Waals surface area contributed by atoms with Crippen LogP contribution in [0.15, 0.2) is 24.3 Å². The van der Waals surface area contributed by atoms with Gasteiger partial charge in [-0.3, -0.25) is 0 Å². The number of hydrogen-bond acceptors (Lipinski definition) is 3. The zero-order valence-electron chi connectivity index (χ0n) is 11.2. The first-order valence-corrected chi connectivity index (χ1v) is 7.83. The van der Waals surface area contributed by atoms with E-state index in [4.69, 9.17) is 9.26 Å². The van der Waals surface area contributed by atoms with Gasteiger partial charge in [-0.15, -0.1) is 4.52 Å². The molecule has 1 unspecified atom stereocenters. The lowest BCUT2D eigenvalue weighted by Crippen LogP contribution is -1.97. The molecule has 0 amide bonds. The van der Waals surface area contributed by atoms with Crippen molar-refractivity contribution in [3.05, 3.63) is 29.8 Å². The minimum atomic E-state index is -1.57. The summed E-state index contributed by atoms with van der Waals surface area (Å²) < 4.78 is 21.6. The van der Waals surface area contributed by atoms with Crippen molar-refractivity contribution in [3.8, 4) is 5.75 Å². The monoisotopic (exact) mass is 269 g/mol. The van der Waals surface area contributed by atoms with E-state index in [1.165, 1.54) is 26.4 Å². The summed E-state index contributed by atoms with van der Waals surface area (Å²) in [5, 5.41) is 0. The van der Waals surface area contributed by atoms with Crippen LogP contribution in [0.2, 0.25) is 0 Å². The van der Waals surface area contributed by atoms with Crippen molar-refractivity contribution in [1.82, 2.24) is 0 Å². The van der Waals surface area contributed by atoms with Gasteiger partial charge in [0.25, 0.3) is 0 Å². The lowest BCUT2D eigenvalue weighted by atomic mass is 10.2. The van der Waals surface area contributed by atoms with Gasteiger partial charge in [-0.1, -0.05) is 38.3 Å². The highest BCUT2D eigenvalue weighted by atomic mass is 31.1. The minimum Gasteiger partial charge on any atom is -0.494 e. The van der Waals surface area contributed by atoms with E-state index in [2.05, 4.69) is 6.92 Å². The van der Waals surface area contributed by atoms with Gasteiger partial charge in [-0.25, -0.2) is 0 Å². The number of benzene rings is 1. The standard InChI is InChI=1S/C14H22O3P/c1-3-4-5-6-11-17-14-9-7-13(8-10-14)12-18(15)16-2/h7-10H,3-6,11-12H2,1-2H3/q+1. The largest absolute Gasteiger partial charge is 0.512 e. The van der Waals surface area contributed by atoms with Crippen molar-refractivity contribution in [2.45, 2.75) is 38.8 Å². The Kier molecular flexibility index (Phi) is 7.63. The summed E-state index contributed by atoms with van der Waals surface area (Å²) in [6.07, 6.45) is 5.30. The maximum Gasteiger partial charge on any atom is 0.512 e. The van der Waals surface area contributed by atoms with Crippen LogP contribution in [0.4, 0.5) is 0 Å². The third-order valence-corrected chi connectivity index (χ3v) is 3.74. The quantitative estimate of drug-likeness (QED) is 0.488. The first kappa shape index (κ1) is 15.1. The first-order chi connectivity index (χ1) is 8.76. The summed E-state index contributed by atoms with van der Waals surface area (Å²) in [5.41, 5.74) is 1.01. The average molecular weight is 269 g/mol. The van der Waals surface area contributed by atoms with Gasteiger partial charge in [-0.2, -0.15) is 0 Å². The highest BCUT2D eigenvalue weighted by molar-refractivity contribution is 7.38. The van der Waals surface area contributed by atoms with Gasteiger partial charge in [0.15, 0.2) is 0 Å². The molecule has 100 valence electrons. The van der Waals surface area contributed by atoms with Crippen LogP contribution in [0.25, 0.3) is 0 Å². The topological polar surface area (TPSA) is 35.5 Å². The Balaban J connectivity index is 2.29. The molecule has 1 atom stereocenters. The zero-order valence-corrected chi connectivity index (χ0v) is 12.1. The molecular weight excluding hydrogens is 247 g/mol. The van der Waals surface area contributed by atoms with Gasteiger partial charge in [0.2, 0.25) is 6.16 Å². The van der Waals surface area contributed by atoms with E-state index in [0.717, 1.165) is 24.3 Å². The van der Waals surface area contributed by atoms with Crippen molar-refractivity contribution < 1.29 is 13.8 Å². The van der Waals surface area contributed by atoms with Gasteiger partial charge in [0.05, 0.1) is 13.7 Å². The molecule has 0 bridgehead atoms. The zero-order chi connectivity index (χ0) is 13.2. The second-order valence-electron chi connectivity index (χ2n) is 4.23. The molecule has 0 heterocycles. The van der Waals surface area contributed by atoms with Crippen molar-refractivity contribution in [3.63, 3.8) is 0 Å². The molecule has 0 aromatic heterocycles. The van der Waals surface area contributed by atoms with Gasteiger partial charge in [0, 0.05) is 5.56 Å². The van der Waals surface area contributed by atoms with Crippen molar-refractivity contribution in [2.24, 2.45) is 0 Å². The molecule has 0 aliphatic rings. The molecule has 1 rings (SSSR count). The molecule has 0 radical (unpaired) electrons. The minimum absolute atomic E-state index is 0.461. The maximum absolute atomic E-state index is 11.2. The molecule has 18 heavy (non-hydrogen) atoms. The number of rotatable bonds is 9. The van der Waals surface area contributed by atoms with Crippen LogP contribution < -0.4 is 4.74 Å². The summed E-state index contributed by atoms with van der Waals surface area (Å²) in [5.74, 6) is 0.878. The van der Waals surface area contributed by atoms with E-state index in [-0.39, 0.29) is 0 Å². The van der Waals surface area contributed by atoms with Crippen LogP contribution in [-0.4, -0.2) is 13.7 Å². The third kappa shape index (κ3) is 6.13. The molecule has 0 spiro atoms. The molecule has 1 aromatic carbocycles. The number of unbranched alkanes of at least 4 members (excludes halogenated alkanes) is 3. The molecule has 1 aromatic rings. The Morgan fingerprint density at radius 1 is 1.11 bits per heavy atom. The van der Waals surface area contributed by atoms with E-state index in [0.29, 0.717) is 6.16 Å². The molecule has 3 nitrogen and oxygen atoms in total. The molecule has 0 saturated heterocycles. The molecule has 0 aliphatic carbocycles. The normalized spacial score (nSPS) is 11.3. The Labute approximate surface area is 110 Å². The highest BCUT2D eigenvalue weighted by Gasteiger charge is 2.15. The van der Waals surface area contributed by atoms with Gasteiger partial charge in [-0.05, 0) is 23.1 Å². The van der Waals surface area contributed by atoms with Crippen LogP contribution in [0.3, 0.4) is 0 Å². The third-order valence-electron chi connectivity index (χ3n) is 2.71. The molecule has 0 saturated carbocycles. The van der Waals surface area contributed by atoms with Crippen LogP contribution in [-0.2, 0) is 15.3 Å². The lowest BCUT2D eigenvalue weighted by molar-refractivity contribution is 0.305. The predicted octanol–water partition coefficient (Wildman–Crippen LogP) is 4.53. The molecule has 0 aliphatic heterocycles. The van der Waals surface area contributed by atoms with E-state index in [1.807, 2.05) is 24.3 Å². The summed E-state index contributed by atoms with van der Waals surface area (Å²) in [6.45, 7) is 2.97. The SMILES string of the molecule is CCCCCCOc1ccc(C[P+](=O)OC)cc1.